The number of carbonyl (C=O) groups excluding carboxylic acids is 2. The van der Waals surface area contributed by atoms with Gasteiger partial charge in [-0.2, -0.15) is 13.2 Å². The monoisotopic (exact) mass is 453 g/mol. The molecule has 0 radical (unpaired) electrons. The van der Waals surface area contributed by atoms with E-state index in [-0.39, 0.29) is 19.6 Å². The predicted molar refractivity (Wildman–Crippen MR) is 110 cm³/mol. The zero-order chi connectivity index (χ0) is 23.6. The Morgan fingerprint density at radius 2 is 1.69 bits per heavy atom. The Balaban J connectivity index is 2.03. The van der Waals surface area contributed by atoms with Gasteiger partial charge in [0.2, 0.25) is 0 Å². The van der Waals surface area contributed by atoms with Crippen molar-refractivity contribution in [3.63, 3.8) is 0 Å². The van der Waals surface area contributed by atoms with E-state index in [9.17, 15) is 22.8 Å². The molecular weight excluding hydrogens is 431 g/mol. The van der Waals surface area contributed by atoms with Gasteiger partial charge in [-0.1, -0.05) is 24.3 Å². The Morgan fingerprint density at radius 1 is 1.03 bits per heavy atom. The lowest BCUT2D eigenvalue weighted by molar-refractivity contribution is -0.173. The zero-order valence-corrected chi connectivity index (χ0v) is 17.4. The number of rotatable bonds is 9. The van der Waals surface area contributed by atoms with Crippen LogP contribution in [0.25, 0.3) is 6.08 Å². The van der Waals surface area contributed by atoms with Crippen molar-refractivity contribution in [2.24, 2.45) is 0 Å². The van der Waals surface area contributed by atoms with Gasteiger partial charge < -0.3 is 24.3 Å². The number of amides is 1. The van der Waals surface area contributed by atoms with E-state index in [1.165, 1.54) is 20.3 Å². The predicted octanol–water partition coefficient (Wildman–Crippen LogP) is 4.15. The van der Waals surface area contributed by atoms with Crippen LogP contribution in [0.1, 0.15) is 11.1 Å². The minimum atomic E-state index is -4.95. The van der Waals surface area contributed by atoms with Gasteiger partial charge in [0.05, 0.1) is 14.2 Å². The van der Waals surface area contributed by atoms with Crippen LogP contribution in [0.2, 0.25) is 0 Å². The Kier molecular flexibility index (Phi) is 8.94. The molecule has 7 nitrogen and oxygen atoms in total. The number of hydrogen-bond donors (Lipinski definition) is 1. The molecular formula is C22H22F3NO6. The molecule has 0 heterocycles. The van der Waals surface area contributed by atoms with Crippen LogP contribution in [0.15, 0.2) is 48.5 Å². The van der Waals surface area contributed by atoms with E-state index in [1.54, 1.807) is 48.5 Å². The average molecular weight is 453 g/mol. The van der Waals surface area contributed by atoms with Gasteiger partial charge in [0, 0.05) is 6.54 Å². The van der Waals surface area contributed by atoms with Crippen LogP contribution in [0.3, 0.4) is 0 Å². The summed E-state index contributed by atoms with van der Waals surface area (Å²) in [6.45, 7) is -0.348. The normalized spacial score (nSPS) is 11.2. The molecule has 0 aliphatic rings. The van der Waals surface area contributed by atoms with E-state index in [2.05, 4.69) is 0 Å². The first kappa shape index (κ1) is 24.6. The molecule has 1 N–H and O–H groups in total. The van der Waals surface area contributed by atoms with Gasteiger partial charge in [-0.15, -0.1) is 0 Å². The van der Waals surface area contributed by atoms with Crippen LogP contribution >= 0.6 is 0 Å². The summed E-state index contributed by atoms with van der Waals surface area (Å²) in [5.74, 6) is -0.894. The van der Waals surface area contributed by atoms with E-state index < -0.39 is 18.2 Å². The lowest BCUT2D eigenvalue weighted by Crippen LogP contribution is -2.37. The molecule has 0 aliphatic carbocycles. The van der Waals surface area contributed by atoms with Gasteiger partial charge in [-0.25, -0.2) is 4.79 Å². The fourth-order valence-corrected chi connectivity index (χ4v) is 2.62. The molecule has 0 saturated heterocycles. The Bertz CT molecular complexity index is 945. The number of benzene rings is 2. The molecule has 0 unspecified atom stereocenters. The van der Waals surface area contributed by atoms with Crippen molar-refractivity contribution >= 4 is 18.1 Å². The van der Waals surface area contributed by atoms with Crippen molar-refractivity contribution in [3.05, 3.63) is 59.7 Å². The van der Waals surface area contributed by atoms with Gasteiger partial charge in [-0.3, -0.25) is 4.79 Å². The highest BCUT2D eigenvalue weighted by Crippen LogP contribution is 2.31. The van der Waals surface area contributed by atoms with E-state index in [4.69, 9.17) is 18.9 Å². The Labute approximate surface area is 182 Å². The van der Waals surface area contributed by atoms with Crippen LogP contribution in [-0.2, 0) is 16.0 Å². The first-order chi connectivity index (χ1) is 15.2. The van der Waals surface area contributed by atoms with Gasteiger partial charge in [-0.05, 0) is 47.9 Å². The lowest BCUT2D eigenvalue weighted by atomic mass is 10.0. The SMILES string of the molecule is COc1cc(/C=C\COC(=O)Oc2ccccc2)c(CCNC(=O)C(F)(F)F)cc1OC. The minimum Gasteiger partial charge on any atom is -0.493 e. The number of alkyl halides is 3. The fourth-order valence-electron chi connectivity index (χ4n) is 2.62. The standard InChI is InChI=1S/C22H22F3NO6/c1-29-18-13-15(7-6-12-31-21(28)32-17-8-4-3-5-9-17)16(14-19(18)30-2)10-11-26-20(27)22(23,24)25/h3-9,13-14H,10-12H2,1-2H3,(H,26,27)/b7-6-. The maximum Gasteiger partial charge on any atom is 0.514 e. The largest absolute Gasteiger partial charge is 0.514 e. The second-order valence-corrected chi connectivity index (χ2v) is 6.29. The summed E-state index contributed by atoms with van der Waals surface area (Å²) in [6.07, 6.45) is -2.60. The molecule has 0 atom stereocenters. The highest BCUT2D eigenvalue weighted by molar-refractivity contribution is 5.81. The van der Waals surface area contributed by atoms with Crippen LogP contribution in [0.4, 0.5) is 18.0 Å². The highest BCUT2D eigenvalue weighted by Gasteiger charge is 2.38. The quantitative estimate of drug-likeness (QED) is 0.454. The van der Waals surface area contributed by atoms with Gasteiger partial charge in [0.25, 0.3) is 0 Å². The summed E-state index contributed by atoms with van der Waals surface area (Å²) >= 11 is 0. The average Bonchev–Trinajstić information content (AvgIpc) is 2.76. The number of halogens is 3. The number of nitrogens with one attached hydrogen (secondary N) is 1. The molecule has 0 bridgehead atoms. The minimum absolute atomic E-state index is 0.0960. The molecule has 2 aromatic rings. The smallest absolute Gasteiger partial charge is 0.493 e. The number of hydrogen-bond acceptors (Lipinski definition) is 6. The zero-order valence-electron chi connectivity index (χ0n) is 17.4. The molecule has 172 valence electrons. The third kappa shape index (κ3) is 7.53. The first-order valence-corrected chi connectivity index (χ1v) is 9.40. The van der Waals surface area contributed by atoms with Crippen LogP contribution in [0, 0.1) is 0 Å². The lowest BCUT2D eigenvalue weighted by Gasteiger charge is -2.14. The summed E-state index contributed by atoms with van der Waals surface area (Å²) in [4.78, 5) is 22.7. The molecule has 1 amide bonds. The number of methoxy groups -OCH3 is 2. The summed E-state index contributed by atoms with van der Waals surface area (Å²) < 4.78 is 57.5. The van der Waals surface area contributed by atoms with Gasteiger partial charge in [0.1, 0.15) is 12.4 Å². The highest BCUT2D eigenvalue weighted by atomic mass is 19.4. The second kappa shape index (κ2) is 11.6. The van der Waals surface area contributed by atoms with Gasteiger partial charge in [0.15, 0.2) is 11.5 Å². The fraction of sp³-hybridized carbons (Fsp3) is 0.273. The van der Waals surface area contributed by atoms with Crippen LogP contribution < -0.4 is 19.5 Å². The van der Waals surface area contributed by atoms with Crippen molar-refractivity contribution in [1.82, 2.24) is 5.32 Å². The van der Waals surface area contributed by atoms with Crippen molar-refractivity contribution in [1.29, 1.82) is 0 Å². The molecule has 0 saturated carbocycles. The summed E-state index contributed by atoms with van der Waals surface area (Å²) in [6, 6.07) is 11.6. The Morgan fingerprint density at radius 3 is 2.31 bits per heavy atom. The molecule has 2 aromatic carbocycles. The molecule has 32 heavy (non-hydrogen) atoms. The maximum absolute atomic E-state index is 12.4. The van der Waals surface area contributed by atoms with Crippen molar-refractivity contribution < 1.29 is 41.7 Å². The molecule has 0 aromatic heterocycles. The molecule has 0 fully saturated rings. The topological polar surface area (TPSA) is 83.1 Å². The number of ether oxygens (including phenoxy) is 4. The Hall–Kier alpha value is -3.69. The van der Waals surface area contributed by atoms with Crippen LogP contribution in [-0.4, -0.2) is 45.6 Å². The van der Waals surface area contributed by atoms with Crippen molar-refractivity contribution in [3.8, 4) is 17.2 Å². The van der Waals surface area contributed by atoms with E-state index in [1.807, 2.05) is 5.32 Å². The summed E-state index contributed by atoms with van der Waals surface area (Å²) in [5, 5.41) is 1.82. The molecule has 10 heteroatoms. The third-order valence-electron chi connectivity index (χ3n) is 4.12. The van der Waals surface area contributed by atoms with E-state index >= 15 is 0 Å². The summed E-state index contributed by atoms with van der Waals surface area (Å²) in [5.41, 5.74) is 1.18. The van der Waals surface area contributed by atoms with E-state index in [0.29, 0.717) is 28.4 Å². The summed E-state index contributed by atoms with van der Waals surface area (Å²) in [7, 11) is 2.87. The van der Waals surface area contributed by atoms with Gasteiger partial charge >= 0.3 is 18.2 Å². The van der Waals surface area contributed by atoms with Crippen molar-refractivity contribution in [2.75, 3.05) is 27.4 Å². The van der Waals surface area contributed by atoms with E-state index in [0.717, 1.165) is 0 Å². The number of carbonyl (C=O) groups is 2. The first-order valence-electron chi connectivity index (χ1n) is 9.40. The second-order valence-electron chi connectivity index (χ2n) is 6.29. The maximum atomic E-state index is 12.4. The van der Waals surface area contributed by atoms with Crippen molar-refractivity contribution in [2.45, 2.75) is 12.6 Å². The number of para-hydroxylation sites is 1. The van der Waals surface area contributed by atoms with Crippen LogP contribution in [0.5, 0.6) is 17.2 Å². The molecule has 2 rings (SSSR count). The third-order valence-corrected chi connectivity index (χ3v) is 4.12. The molecule has 0 spiro atoms. The molecule has 0 aliphatic heterocycles.